The SMILES string of the molecule is CCCCCCN(C)C(=O)CCCOc1ccc2c(c1)CN(CC(N)=O)C(NC(=O)OCC)=N2. The molecule has 188 valence electrons. The molecule has 3 amide bonds. The van der Waals surface area contributed by atoms with Crippen LogP contribution in [0.3, 0.4) is 0 Å². The first-order valence-corrected chi connectivity index (χ1v) is 11.9. The first kappa shape index (κ1) is 26.9. The average molecular weight is 476 g/mol. The maximum absolute atomic E-state index is 12.3. The number of nitrogens with one attached hydrogen (secondary N) is 1. The molecule has 0 aromatic heterocycles. The van der Waals surface area contributed by atoms with Crippen LogP contribution < -0.4 is 15.8 Å². The summed E-state index contributed by atoms with van der Waals surface area (Å²) in [4.78, 5) is 43.4. The van der Waals surface area contributed by atoms with E-state index in [2.05, 4.69) is 17.2 Å². The van der Waals surface area contributed by atoms with Crippen molar-refractivity contribution in [2.45, 2.75) is 58.9 Å². The fraction of sp³-hybridized carbons (Fsp3) is 0.583. The summed E-state index contributed by atoms with van der Waals surface area (Å²) in [5.74, 6) is 0.434. The van der Waals surface area contributed by atoms with E-state index in [4.69, 9.17) is 15.2 Å². The quantitative estimate of drug-likeness (QED) is 0.423. The second-order valence-electron chi connectivity index (χ2n) is 8.22. The molecule has 0 unspecified atom stereocenters. The number of amides is 3. The van der Waals surface area contributed by atoms with E-state index in [9.17, 15) is 14.4 Å². The summed E-state index contributed by atoms with van der Waals surface area (Å²) in [6.45, 7) is 5.50. The van der Waals surface area contributed by atoms with E-state index < -0.39 is 12.0 Å². The molecule has 3 N–H and O–H groups in total. The number of ether oxygens (including phenoxy) is 2. The van der Waals surface area contributed by atoms with Crippen LogP contribution in [0.4, 0.5) is 10.5 Å². The van der Waals surface area contributed by atoms with Gasteiger partial charge in [0.2, 0.25) is 17.8 Å². The van der Waals surface area contributed by atoms with Crippen LogP contribution in [0.15, 0.2) is 23.2 Å². The smallest absolute Gasteiger partial charge is 0.413 e. The van der Waals surface area contributed by atoms with Gasteiger partial charge in [-0.3, -0.25) is 14.9 Å². The van der Waals surface area contributed by atoms with Crippen LogP contribution >= 0.6 is 0 Å². The van der Waals surface area contributed by atoms with E-state index in [0.717, 1.165) is 24.9 Å². The maximum atomic E-state index is 12.3. The molecule has 0 aliphatic carbocycles. The highest BCUT2D eigenvalue weighted by Crippen LogP contribution is 2.29. The third-order valence-electron chi connectivity index (χ3n) is 5.35. The van der Waals surface area contributed by atoms with Crippen molar-refractivity contribution in [3.8, 4) is 5.75 Å². The Bertz CT molecular complexity index is 873. The molecule has 0 bridgehead atoms. The minimum atomic E-state index is -0.653. The highest BCUT2D eigenvalue weighted by atomic mass is 16.5. The number of nitrogens with two attached hydrogens (primary N) is 1. The van der Waals surface area contributed by atoms with Gasteiger partial charge in [-0.15, -0.1) is 0 Å². The molecule has 10 nitrogen and oxygen atoms in total. The van der Waals surface area contributed by atoms with Gasteiger partial charge in [-0.1, -0.05) is 26.2 Å². The summed E-state index contributed by atoms with van der Waals surface area (Å²) in [5, 5.41) is 2.55. The standard InChI is InChI=1S/C24H37N5O5/c1-4-6-7-8-13-28(3)22(31)10-9-14-34-19-11-12-20-18(15-19)16-29(17-21(25)30)23(26-20)27-24(32)33-5-2/h11-12,15H,4-10,13-14,16-17H2,1-3H3,(H2,25,30)(H,26,27,32). The summed E-state index contributed by atoms with van der Waals surface area (Å²) in [6.07, 6.45) is 4.97. The highest BCUT2D eigenvalue weighted by molar-refractivity contribution is 5.97. The molecule has 0 fully saturated rings. The Hall–Kier alpha value is -3.30. The molecule has 1 aromatic rings. The van der Waals surface area contributed by atoms with Crippen LogP contribution in [0.2, 0.25) is 0 Å². The normalized spacial score (nSPS) is 12.4. The molecule has 0 spiro atoms. The fourth-order valence-electron chi connectivity index (χ4n) is 3.54. The van der Waals surface area contributed by atoms with Gasteiger partial charge < -0.3 is 25.0 Å². The van der Waals surface area contributed by atoms with Gasteiger partial charge >= 0.3 is 6.09 Å². The number of alkyl carbamates (subject to hydrolysis) is 1. The predicted octanol–water partition coefficient (Wildman–Crippen LogP) is 2.92. The van der Waals surface area contributed by atoms with Crippen LogP contribution in [-0.2, 0) is 20.9 Å². The molecule has 0 radical (unpaired) electrons. The Morgan fingerprint density at radius 2 is 1.97 bits per heavy atom. The summed E-state index contributed by atoms with van der Waals surface area (Å²) in [5.41, 5.74) is 6.84. The number of aliphatic imine (C=N–C) groups is 1. The Kier molecular flexibility index (Phi) is 11.2. The topological polar surface area (TPSA) is 127 Å². The first-order chi connectivity index (χ1) is 16.3. The summed E-state index contributed by atoms with van der Waals surface area (Å²) in [6, 6.07) is 5.42. The van der Waals surface area contributed by atoms with Crippen molar-refractivity contribution in [2.24, 2.45) is 10.7 Å². The minimum absolute atomic E-state index is 0.107. The lowest BCUT2D eigenvalue weighted by molar-refractivity contribution is -0.130. The predicted molar refractivity (Wildman–Crippen MR) is 130 cm³/mol. The zero-order valence-corrected chi connectivity index (χ0v) is 20.5. The molecule has 0 saturated heterocycles. The molecule has 1 aliphatic rings. The number of hydrogen-bond acceptors (Lipinski definition) is 7. The van der Waals surface area contributed by atoms with Crippen LogP contribution in [0.1, 0.15) is 57.9 Å². The number of nitrogens with zero attached hydrogens (tertiary/aromatic N) is 3. The van der Waals surface area contributed by atoms with Crippen LogP contribution in [0, 0.1) is 0 Å². The van der Waals surface area contributed by atoms with Gasteiger partial charge in [-0.25, -0.2) is 9.79 Å². The van der Waals surface area contributed by atoms with E-state index in [1.165, 1.54) is 12.8 Å². The van der Waals surface area contributed by atoms with Crippen molar-refractivity contribution in [2.75, 3.05) is 33.4 Å². The lowest BCUT2D eigenvalue weighted by Crippen LogP contribution is -2.48. The zero-order valence-electron chi connectivity index (χ0n) is 20.5. The lowest BCUT2D eigenvalue weighted by atomic mass is 10.1. The van der Waals surface area contributed by atoms with Crippen LogP contribution in [0.25, 0.3) is 0 Å². The third-order valence-corrected chi connectivity index (χ3v) is 5.35. The largest absolute Gasteiger partial charge is 0.494 e. The van der Waals surface area contributed by atoms with E-state index in [1.807, 2.05) is 13.1 Å². The number of hydrogen-bond donors (Lipinski definition) is 2. The van der Waals surface area contributed by atoms with Crippen molar-refractivity contribution in [1.29, 1.82) is 0 Å². The Morgan fingerprint density at radius 1 is 1.18 bits per heavy atom. The van der Waals surface area contributed by atoms with Crippen molar-refractivity contribution < 1.29 is 23.9 Å². The van der Waals surface area contributed by atoms with Crippen molar-refractivity contribution in [3.05, 3.63) is 23.8 Å². The second-order valence-corrected chi connectivity index (χ2v) is 8.22. The molecule has 10 heteroatoms. The number of rotatable bonds is 13. The van der Waals surface area contributed by atoms with Crippen molar-refractivity contribution in [3.63, 3.8) is 0 Å². The number of guanidine groups is 1. The lowest BCUT2D eigenvalue weighted by Gasteiger charge is -2.29. The van der Waals surface area contributed by atoms with E-state index in [0.29, 0.717) is 37.4 Å². The van der Waals surface area contributed by atoms with Crippen molar-refractivity contribution >= 4 is 29.6 Å². The molecule has 1 aliphatic heterocycles. The molecule has 34 heavy (non-hydrogen) atoms. The fourth-order valence-corrected chi connectivity index (χ4v) is 3.54. The Labute approximate surface area is 201 Å². The van der Waals surface area contributed by atoms with Crippen LogP contribution in [0.5, 0.6) is 5.75 Å². The van der Waals surface area contributed by atoms with Crippen molar-refractivity contribution in [1.82, 2.24) is 15.1 Å². The molecule has 1 heterocycles. The monoisotopic (exact) mass is 475 g/mol. The van der Waals surface area contributed by atoms with Gasteiger partial charge in [0, 0.05) is 32.1 Å². The van der Waals surface area contributed by atoms with Gasteiger partial charge in [0.05, 0.1) is 25.4 Å². The number of benzene rings is 1. The number of carbonyl (C=O) groups excluding carboxylic acids is 3. The van der Waals surface area contributed by atoms with Gasteiger partial charge in [-0.05, 0) is 38.0 Å². The number of unbranched alkanes of at least 4 members (excludes halogenated alkanes) is 3. The number of fused-ring (bicyclic) bond motifs is 1. The van der Waals surface area contributed by atoms with Gasteiger partial charge in [0.1, 0.15) is 5.75 Å². The van der Waals surface area contributed by atoms with E-state index >= 15 is 0 Å². The number of carbonyl (C=O) groups is 3. The Morgan fingerprint density at radius 3 is 2.68 bits per heavy atom. The molecular formula is C24H37N5O5. The zero-order chi connectivity index (χ0) is 24.9. The van der Waals surface area contributed by atoms with E-state index in [-0.39, 0.29) is 25.0 Å². The summed E-state index contributed by atoms with van der Waals surface area (Å²) < 4.78 is 10.7. The molecule has 0 atom stereocenters. The van der Waals surface area contributed by atoms with E-state index in [1.54, 1.807) is 28.9 Å². The van der Waals surface area contributed by atoms with Crippen LogP contribution in [-0.4, -0.2) is 67.0 Å². The average Bonchev–Trinajstić information content (AvgIpc) is 2.79. The summed E-state index contributed by atoms with van der Waals surface area (Å²) in [7, 11) is 1.85. The molecule has 2 rings (SSSR count). The number of primary amides is 1. The minimum Gasteiger partial charge on any atom is -0.494 e. The maximum Gasteiger partial charge on any atom is 0.413 e. The van der Waals surface area contributed by atoms with Gasteiger partial charge in [0.25, 0.3) is 0 Å². The second kappa shape index (κ2) is 14.1. The molecule has 1 aromatic carbocycles. The third kappa shape index (κ3) is 8.92. The first-order valence-electron chi connectivity index (χ1n) is 11.9. The summed E-state index contributed by atoms with van der Waals surface area (Å²) >= 11 is 0. The van der Waals surface area contributed by atoms with Gasteiger partial charge in [0.15, 0.2) is 0 Å². The molecule has 0 saturated carbocycles. The Balaban J connectivity index is 1.90. The molecular weight excluding hydrogens is 438 g/mol. The highest BCUT2D eigenvalue weighted by Gasteiger charge is 2.23. The van der Waals surface area contributed by atoms with Gasteiger partial charge in [-0.2, -0.15) is 0 Å².